The van der Waals surface area contributed by atoms with Crippen LogP contribution in [0.15, 0.2) is 78.2 Å². The first-order valence-corrected chi connectivity index (χ1v) is 9.98. The summed E-state index contributed by atoms with van der Waals surface area (Å²) >= 11 is 7.72. The molecule has 0 aliphatic carbocycles. The Morgan fingerprint density at radius 1 is 1.00 bits per heavy atom. The maximum absolute atomic E-state index is 6.11. The van der Waals surface area contributed by atoms with Gasteiger partial charge in [-0.3, -0.25) is 9.55 Å². The molecule has 0 bridgehead atoms. The van der Waals surface area contributed by atoms with Crippen molar-refractivity contribution in [1.29, 1.82) is 0 Å². The highest BCUT2D eigenvalue weighted by Crippen LogP contribution is 2.30. The average molecular weight is 409 g/mol. The van der Waals surface area contributed by atoms with Gasteiger partial charge in [0, 0.05) is 34.4 Å². The zero-order chi connectivity index (χ0) is 19.3. The van der Waals surface area contributed by atoms with Crippen LogP contribution in [0.2, 0.25) is 5.02 Å². The average Bonchev–Trinajstić information content (AvgIpc) is 3.17. The van der Waals surface area contributed by atoms with Gasteiger partial charge in [-0.1, -0.05) is 35.5 Å². The molecule has 0 saturated heterocycles. The van der Waals surface area contributed by atoms with E-state index in [0.717, 1.165) is 44.3 Å². The van der Waals surface area contributed by atoms with Gasteiger partial charge in [-0.2, -0.15) is 0 Å². The largest absolute Gasteiger partial charge is 0.497 e. The van der Waals surface area contributed by atoms with E-state index in [1.54, 1.807) is 31.3 Å². The van der Waals surface area contributed by atoms with Crippen molar-refractivity contribution in [1.82, 2.24) is 19.7 Å². The summed E-state index contributed by atoms with van der Waals surface area (Å²) in [5.74, 6) is 2.31. The number of aromatic nitrogens is 4. The normalized spacial score (nSPS) is 10.8. The molecule has 0 unspecified atom stereocenters. The lowest BCUT2D eigenvalue weighted by atomic mass is 10.2. The number of hydrogen-bond donors (Lipinski definition) is 0. The van der Waals surface area contributed by atoms with Crippen LogP contribution in [0.3, 0.4) is 0 Å². The third-order valence-corrected chi connectivity index (χ3v) is 5.39. The molecular formula is C21H17ClN4OS. The van der Waals surface area contributed by atoms with Crippen LogP contribution in [0.4, 0.5) is 0 Å². The number of thioether (sulfide) groups is 1. The number of pyridine rings is 1. The second kappa shape index (κ2) is 8.46. The van der Waals surface area contributed by atoms with Gasteiger partial charge in [-0.25, -0.2) is 0 Å². The molecular weight excluding hydrogens is 392 g/mol. The molecule has 7 heteroatoms. The molecule has 140 valence electrons. The van der Waals surface area contributed by atoms with Gasteiger partial charge in [0.1, 0.15) is 5.75 Å². The van der Waals surface area contributed by atoms with Crippen molar-refractivity contribution in [2.24, 2.45) is 0 Å². The van der Waals surface area contributed by atoms with E-state index >= 15 is 0 Å². The second-order valence-corrected chi connectivity index (χ2v) is 7.37. The smallest absolute Gasteiger partial charge is 0.196 e. The van der Waals surface area contributed by atoms with Crippen LogP contribution >= 0.6 is 23.4 Å². The minimum atomic E-state index is 0.729. The van der Waals surface area contributed by atoms with Crippen molar-refractivity contribution in [2.45, 2.75) is 10.9 Å². The van der Waals surface area contributed by atoms with Crippen LogP contribution in [0.1, 0.15) is 5.56 Å². The summed E-state index contributed by atoms with van der Waals surface area (Å²) in [6, 6.07) is 19.5. The van der Waals surface area contributed by atoms with Gasteiger partial charge in [0.2, 0.25) is 0 Å². The molecule has 2 aromatic carbocycles. The molecule has 2 heterocycles. The van der Waals surface area contributed by atoms with E-state index in [9.17, 15) is 0 Å². The van der Waals surface area contributed by atoms with Gasteiger partial charge in [-0.05, 0) is 54.1 Å². The van der Waals surface area contributed by atoms with E-state index in [4.69, 9.17) is 16.3 Å². The molecule has 0 N–H and O–H groups in total. The van der Waals surface area contributed by atoms with E-state index in [1.807, 2.05) is 59.2 Å². The molecule has 0 atom stereocenters. The zero-order valence-corrected chi connectivity index (χ0v) is 16.7. The van der Waals surface area contributed by atoms with Crippen molar-refractivity contribution < 1.29 is 4.74 Å². The number of methoxy groups -OCH3 is 1. The maximum atomic E-state index is 6.11. The maximum Gasteiger partial charge on any atom is 0.196 e. The number of halogens is 1. The molecule has 0 aliphatic heterocycles. The SMILES string of the molecule is COc1ccc(-n2c(SCc3cccc(Cl)c3)nnc2-c2ccncc2)cc1. The monoisotopic (exact) mass is 408 g/mol. The molecule has 4 rings (SSSR count). The van der Waals surface area contributed by atoms with Gasteiger partial charge in [0.25, 0.3) is 0 Å². The van der Waals surface area contributed by atoms with Gasteiger partial charge in [-0.15, -0.1) is 10.2 Å². The van der Waals surface area contributed by atoms with Crippen LogP contribution in [-0.2, 0) is 5.75 Å². The Hall–Kier alpha value is -2.83. The first-order valence-electron chi connectivity index (χ1n) is 8.62. The highest BCUT2D eigenvalue weighted by molar-refractivity contribution is 7.98. The van der Waals surface area contributed by atoms with Crippen LogP contribution in [0.25, 0.3) is 17.1 Å². The molecule has 0 aliphatic rings. The summed E-state index contributed by atoms with van der Waals surface area (Å²) in [6.45, 7) is 0. The first-order chi connectivity index (χ1) is 13.7. The number of hydrogen-bond acceptors (Lipinski definition) is 5. The minimum Gasteiger partial charge on any atom is -0.497 e. The fourth-order valence-corrected chi connectivity index (χ4v) is 3.90. The minimum absolute atomic E-state index is 0.729. The van der Waals surface area contributed by atoms with E-state index in [-0.39, 0.29) is 0 Å². The third kappa shape index (κ3) is 4.03. The molecule has 5 nitrogen and oxygen atoms in total. The second-order valence-electron chi connectivity index (χ2n) is 5.99. The molecule has 2 aromatic heterocycles. The summed E-state index contributed by atoms with van der Waals surface area (Å²) in [4.78, 5) is 4.10. The quantitative estimate of drug-likeness (QED) is 0.406. The number of nitrogens with zero attached hydrogens (tertiary/aromatic N) is 4. The van der Waals surface area contributed by atoms with Crippen molar-refractivity contribution in [3.05, 3.63) is 83.6 Å². The fraction of sp³-hybridized carbons (Fsp3) is 0.0952. The van der Waals surface area contributed by atoms with Crippen LogP contribution in [0, 0.1) is 0 Å². The molecule has 28 heavy (non-hydrogen) atoms. The van der Waals surface area contributed by atoms with Crippen LogP contribution in [0.5, 0.6) is 5.75 Å². The zero-order valence-electron chi connectivity index (χ0n) is 15.1. The summed E-state index contributed by atoms with van der Waals surface area (Å²) < 4.78 is 7.33. The molecule has 0 fully saturated rings. The van der Waals surface area contributed by atoms with Crippen LogP contribution < -0.4 is 4.74 Å². The summed E-state index contributed by atoms with van der Waals surface area (Å²) in [5, 5.41) is 10.4. The number of ether oxygens (including phenoxy) is 1. The highest BCUT2D eigenvalue weighted by Gasteiger charge is 2.16. The first kappa shape index (κ1) is 18.5. The van der Waals surface area contributed by atoms with Gasteiger partial charge in [0.15, 0.2) is 11.0 Å². The third-order valence-electron chi connectivity index (χ3n) is 4.16. The van der Waals surface area contributed by atoms with Gasteiger partial charge in [0.05, 0.1) is 7.11 Å². The molecule has 0 saturated carbocycles. The summed E-state index contributed by atoms with van der Waals surface area (Å²) in [6.07, 6.45) is 3.50. The summed E-state index contributed by atoms with van der Waals surface area (Å²) in [5.41, 5.74) is 3.05. The Labute approximate surface area is 172 Å². The number of rotatable bonds is 6. The van der Waals surface area contributed by atoms with Crippen molar-refractivity contribution in [3.63, 3.8) is 0 Å². The lowest BCUT2D eigenvalue weighted by Crippen LogP contribution is -2.00. The predicted octanol–water partition coefficient (Wildman–Crippen LogP) is 5.28. The Morgan fingerprint density at radius 3 is 2.50 bits per heavy atom. The Bertz CT molecular complexity index is 1070. The summed E-state index contributed by atoms with van der Waals surface area (Å²) in [7, 11) is 1.66. The fourth-order valence-electron chi connectivity index (χ4n) is 2.79. The van der Waals surface area contributed by atoms with E-state index in [1.165, 1.54) is 0 Å². The van der Waals surface area contributed by atoms with Crippen molar-refractivity contribution in [3.8, 4) is 22.8 Å². The van der Waals surface area contributed by atoms with Gasteiger partial charge >= 0.3 is 0 Å². The van der Waals surface area contributed by atoms with Crippen molar-refractivity contribution in [2.75, 3.05) is 7.11 Å². The molecule has 0 amide bonds. The molecule has 0 radical (unpaired) electrons. The molecule has 4 aromatic rings. The van der Waals surface area contributed by atoms with E-state index < -0.39 is 0 Å². The predicted molar refractivity (Wildman–Crippen MR) is 112 cm³/mol. The lowest BCUT2D eigenvalue weighted by molar-refractivity contribution is 0.414. The Kier molecular flexibility index (Phi) is 5.60. The van der Waals surface area contributed by atoms with Crippen molar-refractivity contribution >= 4 is 23.4 Å². The molecule has 0 spiro atoms. The highest BCUT2D eigenvalue weighted by atomic mass is 35.5. The lowest BCUT2D eigenvalue weighted by Gasteiger charge is -2.11. The Morgan fingerprint density at radius 2 is 1.79 bits per heavy atom. The standard InChI is InChI=1S/C21H17ClN4OS/c1-27-19-7-5-18(6-8-19)26-20(16-9-11-23-12-10-16)24-25-21(26)28-14-15-3-2-4-17(22)13-15/h2-13H,14H2,1H3. The number of benzene rings is 2. The van der Waals surface area contributed by atoms with Gasteiger partial charge < -0.3 is 4.74 Å². The van der Waals surface area contributed by atoms with E-state index in [0.29, 0.717) is 0 Å². The Balaban J connectivity index is 1.72. The topological polar surface area (TPSA) is 52.8 Å². The van der Waals surface area contributed by atoms with Crippen LogP contribution in [-0.4, -0.2) is 26.9 Å². The van der Waals surface area contributed by atoms with E-state index in [2.05, 4.69) is 21.2 Å².